The van der Waals surface area contributed by atoms with Gasteiger partial charge < -0.3 is 10.6 Å². The highest BCUT2D eigenvalue weighted by Gasteiger charge is 2.18. The average molecular weight is 324 g/mol. The number of amides is 1. The van der Waals surface area contributed by atoms with Gasteiger partial charge in [0.05, 0.1) is 5.69 Å². The zero-order valence-electron chi connectivity index (χ0n) is 12.2. The van der Waals surface area contributed by atoms with Crippen molar-refractivity contribution in [1.82, 2.24) is 4.98 Å². The molecule has 21 heavy (non-hydrogen) atoms. The molecule has 2 aromatic rings. The van der Waals surface area contributed by atoms with E-state index in [9.17, 15) is 4.79 Å². The van der Waals surface area contributed by atoms with Crippen LogP contribution in [0, 0.1) is 13.8 Å². The molecule has 2 N–H and O–H groups in total. The highest BCUT2D eigenvalue weighted by molar-refractivity contribution is 7.13. The Bertz CT molecular complexity index is 642. The van der Waals surface area contributed by atoms with Crippen molar-refractivity contribution in [2.24, 2.45) is 0 Å². The van der Waals surface area contributed by atoms with E-state index in [-0.39, 0.29) is 11.9 Å². The lowest BCUT2D eigenvalue weighted by Gasteiger charge is -2.18. The number of halogens is 1. The van der Waals surface area contributed by atoms with Crippen LogP contribution in [0.4, 0.5) is 10.8 Å². The van der Waals surface area contributed by atoms with Crippen LogP contribution in [0.1, 0.15) is 24.6 Å². The molecule has 6 heteroatoms. The molecule has 2 rings (SSSR count). The molecule has 0 radical (unpaired) electrons. The fourth-order valence-electron chi connectivity index (χ4n) is 1.93. The Morgan fingerprint density at radius 2 is 2.19 bits per heavy atom. The van der Waals surface area contributed by atoms with Gasteiger partial charge in [0.15, 0.2) is 5.13 Å². The lowest BCUT2D eigenvalue weighted by molar-refractivity contribution is -0.116. The number of anilines is 2. The van der Waals surface area contributed by atoms with Crippen LogP contribution in [0.5, 0.6) is 0 Å². The maximum Gasteiger partial charge on any atom is 0.248 e. The number of rotatable bonds is 5. The van der Waals surface area contributed by atoms with E-state index in [0.29, 0.717) is 16.6 Å². The third-order valence-electron chi connectivity index (χ3n) is 3.09. The first-order chi connectivity index (χ1) is 9.99. The van der Waals surface area contributed by atoms with Crippen LogP contribution < -0.4 is 10.6 Å². The molecule has 0 bridgehead atoms. The Balaban J connectivity index is 2.06. The van der Waals surface area contributed by atoms with Gasteiger partial charge in [-0.15, -0.1) is 11.3 Å². The molecule has 1 aromatic heterocycles. The SMILES string of the molecule is CC[C@H](Nc1ccc(Cl)cc1C)C(=O)Nc1nc(C)cs1. The van der Waals surface area contributed by atoms with Gasteiger partial charge in [-0.25, -0.2) is 4.98 Å². The molecule has 0 aliphatic carbocycles. The van der Waals surface area contributed by atoms with Crippen LogP contribution >= 0.6 is 22.9 Å². The molecule has 0 aliphatic heterocycles. The fourth-order valence-corrected chi connectivity index (χ4v) is 2.85. The number of hydrogen-bond donors (Lipinski definition) is 2. The van der Waals surface area contributed by atoms with E-state index in [1.54, 1.807) is 0 Å². The molecule has 0 spiro atoms. The second kappa shape index (κ2) is 6.91. The molecule has 0 aliphatic rings. The molecule has 1 aromatic carbocycles. The smallest absolute Gasteiger partial charge is 0.248 e. The lowest BCUT2D eigenvalue weighted by atomic mass is 10.1. The first-order valence-corrected chi connectivity index (χ1v) is 8.01. The zero-order chi connectivity index (χ0) is 15.4. The molecule has 4 nitrogen and oxygen atoms in total. The van der Waals surface area contributed by atoms with Crippen molar-refractivity contribution >= 4 is 39.7 Å². The Morgan fingerprint density at radius 3 is 2.76 bits per heavy atom. The Kier molecular flexibility index (Phi) is 5.20. The summed E-state index contributed by atoms with van der Waals surface area (Å²) in [6.07, 6.45) is 0.679. The van der Waals surface area contributed by atoms with Crippen LogP contribution in [0.25, 0.3) is 0 Å². The molecule has 0 saturated carbocycles. The van der Waals surface area contributed by atoms with E-state index in [1.165, 1.54) is 11.3 Å². The van der Waals surface area contributed by atoms with Gasteiger partial charge in [0, 0.05) is 16.1 Å². The van der Waals surface area contributed by atoms with Crippen molar-refractivity contribution in [3.05, 3.63) is 39.9 Å². The van der Waals surface area contributed by atoms with Gasteiger partial charge >= 0.3 is 0 Å². The van der Waals surface area contributed by atoms with Crippen LogP contribution in [-0.2, 0) is 4.79 Å². The summed E-state index contributed by atoms with van der Waals surface area (Å²) in [7, 11) is 0. The predicted octanol–water partition coefficient (Wildman–Crippen LogP) is 4.24. The summed E-state index contributed by atoms with van der Waals surface area (Å²) in [4.78, 5) is 16.5. The van der Waals surface area contributed by atoms with Gasteiger partial charge in [-0.05, 0) is 44.0 Å². The highest BCUT2D eigenvalue weighted by Crippen LogP contribution is 2.21. The van der Waals surface area contributed by atoms with Gasteiger partial charge in [0.1, 0.15) is 6.04 Å². The maximum atomic E-state index is 12.3. The number of aromatic nitrogens is 1. The standard InChI is InChI=1S/C15H18ClN3OS/c1-4-12(14(20)19-15-17-10(3)8-21-15)18-13-6-5-11(16)7-9(13)2/h5-8,12,18H,4H2,1-3H3,(H,17,19,20)/t12-/m0/s1. The van der Waals surface area contributed by atoms with Gasteiger partial charge in [0.25, 0.3) is 0 Å². The molecular formula is C15H18ClN3OS. The zero-order valence-corrected chi connectivity index (χ0v) is 13.8. The third kappa shape index (κ3) is 4.19. The highest BCUT2D eigenvalue weighted by atomic mass is 35.5. The molecule has 1 atom stereocenters. The first kappa shape index (κ1) is 15.8. The quantitative estimate of drug-likeness (QED) is 0.865. The van der Waals surface area contributed by atoms with Crippen molar-refractivity contribution < 1.29 is 4.79 Å². The van der Waals surface area contributed by atoms with Crippen molar-refractivity contribution in [2.45, 2.75) is 33.2 Å². The van der Waals surface area contributed by atoms with E-state index in [0.717, 1.165) is 16.9 Å². The van der Waals surface area contributed by atoms with Crippen LogP contribution in [-0.4, -0.2) is 16.9 Å². The monoisotopic (exact) mass is 323 g/mol. The number of benzene rings is 1. The lowest BCUT2D eigenvalue weighted by Crippen LogP contribution is -2.34. The minimum absolute atomic E-state index is 0.0822. The number of nitrogens with one attached hydrogen (secondary N) is 2. The molecule has 1 amide bonds. The van der Waals surface area contributed by atoms with Crippen molar-refractivity contribution in [1.29, 1.82) is 0 Å². The number of carbonyl (C=O) groups excluding carboxylic acids is 1. The van der Waals surface area contributed by atoms with E-state index >= 15 is 0 Å². The average Bonchev–Trinajstić information content (AvgIpc) is 2.83. The minimum Gasteiger partial charge on any atom is -0.373 e. The van der Waals surface area contributed by atoms with Crippen LogP contribution in [0.3, 0.4) is 0 Å². The first-order valence-electron chi connectivity index (χ1n) is 6.75. The predicted molar refractivity (Wildman–Crippen MR) is 89.4 cm³/mol. The second-order valence-electron chi connectivity index (χ2n) is 4.85. The molecule has 112 valence electrons. The van der Waals surface area contributed by atoms with Crippen molar-refractivity contribution in [2.75, 3.05) is 10.6 Å². The number of nitrogens with zero attached hydrogens (tertiary/aromatic N) is 1. The minimum atomic E-state index is -0.311. The van der Waals surface area contributed by atoms with Gasteiger partial charge in [0.2, 0.25) is 5.91 Å². The second-order valence-corrected chi connectivity index (χ2v) is 6.14. The summed E-state index contributed by atoms with van der Waals surface area (Å²) in [5, 5.41) is 9.33. The third-order valence-corrected chi connectivity index (χ3v) is 4.20. The van der Waals surface area contributed by atoms with Crippen molar-refractivity contribution in [3.63, 3.8) is 0 Å². The molecular weight excluding hydrogens is 306 g/mol. The molecule has 0 unspecified atom stereocenters. The Hall–Kier alpha value is -1.59. The largest absolute Gasteiger partial charge is 0.373 e. The van der Waals surface area contributed by atoms with E-state index < -0.39 is 0 Å². The summed E-state index contributed by atoms with van der Waals surface area (Å²) in [5.74, 6) is -0.0822. The fraction of sp³-hybridized carbons (Fsp3) is 0.333. The van der Waals surface area contributed by atoms with E-state index in [4.69, 9.17) is 11.6 Å². The van der Waals surface area contributed by atoms with E-state index in [1.807, 2.05) is 44.4 Å². The van der Waals surface area contributed by atoms with Crippen LogP contribution in [0.2, 0.25) is 5.02 Å². The summed E-state index contributed by atoms with van der Waals surface area (Å²) in [5.41, 5.74) is 2.83. The number of carbonyl (C=O) groups is 1. The van der Waals surface area contributed by atoms with Crippen molar-refractivity contribution in [3.8, 4) is 0 Å². The molecule has 0 saturated heterocycles. The van der Waals surface area contributed by atoms with Crippen LogP contribution in [0.15, 0.2) is 23.6 Å². The maximum absolute atomic E-state index is 12.3. The Labute approximate surface area is 133 Å². The number of aryl methyl sites for hydroxylation is 2. The number of thiazole rings is 1. The summed E-state index contributed by atoms with van der Waals surface area (Å²) < 4.78 is 0. The number of hydrogen-bond acceptors (Lipinski definition) is 4. The van der Waals surface area contributed by atoms with Gasteiger partial charge in [-0.2, -0.15) is 0 Å². The normalized spacial score (nSPS) is 12.0. The summed E-state index contributed by atoms with van der Waals surface area (Å²) in [6.45, 7) is 5.83. The Morgan fingerprint density at radius 1 is 1.43 bits per heavy atom. The summed E-state index contributed by atoms with van der Waals surface area (Å²) in [6, 6.07) is 5.26. The topological polar surface area (TPSA) is 54.0 Å². The van der Waals surface area contributed by atoms with E-state index in [2.05, 4.69) is 15.6 Å². The summed E-state index contributed by atoms with van der Waals surface area (Å²) >= 11 is 7.37. The van der Waals surface area contributed by atoms with Gasteiger partial charge in [-0.1, -0.05) is 18.5 Å². The molecule has 0 fully saturated rings. The van der Waals surface area contributed by atoms with Gasteiger partial charge in [-0.3, -0.25) is 4.79 Å². The molecule has 1 heterocycles.